The molecule has 8 nitrogen and oxygen atoms in total. The van der Waals surface area contributed by atoms with Crippen LogP contribution < -0.4 is 4.74 Å². The lowest BCUT2D eigenvalue weighted by molar-refractivity contribution is -0.140. The SMILES string of the molecule is COc1cccc([C@H]2C(=C(O)c3cnc(C)nc3C)C(=O)C(=O)N2CCN(C)C)c1. The Morgan fingerprint density at radius 1 is 1.27 bits per heavy atom. The number of aromatic nitrogens is 2. The Hall–Kier alpha value is -3.26. The third-order valence-electron chi connectivity index (χ3n) is 5.09. The van der Waals surface area contributed by atoms with Crippen molar-refractivity contribution in [2.75, 3.05) is 34.3 Å². The maximum atomic E-state index is 13.0. The lowest BCUT2D eigenvalue weighted by atomic mass is 9.95. The number of likely N-dealkylation sites (tertiary alicyclic amines) is 1. The third-order valence-corrected chi connectivity index (χ3v) is 5.09. The van der Waals surface area contributed by atoms with E-state index in [1.54, 1.807) is 39.2 Å². The maximum Gasteiger partial charge on any atom is 0.295 e. The number of amides is 1. The first-order valence-electron chi connectivity index (χ1n) is 9.62. The van der Waals surface area contributed by atoms with Crippen molar-refractivity contribution < 1.29 is 19.4 Å². The van der Waals surface area contributed by atoms with Crippen LogP contribution in [0.15, 0.2) is 36.0 Å². The summed E-state index contributed by atoms with van der Waals surface area (Å²) in [6, 6.07) is 6.42. The minimum Gasteiger partial charge on any atom is -0.507 e. The summed E-state index contributed by atoms with van der Waals surface area (Å²) < 4.78 is 5.32. The third kappa shape index (κ3) is 4.04. The number of ketones is 1. The molecule has 0 radical (unpaired) electrons. The van der Waals surface area contributed by atoms with Crippen molar-refractivity contribution in [1.29, 1.82) is 0 Å². The first kappa shape index (κ1) is 21.4. The van der Waals surface area contributed by atoms with Gasteiger partial charge >= 0.3 is 0 Å². The number of aliphatic hydroxyl groups excluding tert-OH is 1. The summed E-state index contributed by atoms with van der Waals surface area (Å²) in [6.07, 6.45) is 1.48. The standard InChI is InChI=1S/C22H26N4O4/c1-13-17(12-23-14(2)24-13)20(27)18-19(15-7-6-8-16(11-15)30-5)26(10-9-25(3)4)22(29)21(18)28/h6-8,11-12,19,27H,9-10H2,1-5H3/t19-/m0/s1. The summed E-state index contributed by atoms with van der Waals surface area (Å²) in [5.74, 6) is -0.484. The van der Waals surface area contributed by atoms with Gasteiger partial charge in [-0.3, -0.25) is 9.59 Å². The summed E-state index contributed by atoms with van der Waals surface area (Å²) in [6.45, 7) is 4.37. The molecule has 0 spiro atoms. The molecule has 1 aromatic heterocycles. The first-order chi connectivity index (χ1) is 14.2. The van der Waals surface area contributed by atoms with E-state index in [0.717, 1.165) is 0 Å². The highest BCUT2D eigenvalue weighted by Gasteiger charge is 2.46. The average molecular weight is 410 g/mol. The maximum absolute atomic E-state index is 13.0. The molecule has 0 aliphatic carbocycles. The second-order valence-corrected chi connectivity index (χ2v) is 7.49. The molecule has 1 atom stereocenters. The molecule has 0 bridgehead atoms. The van der Waals surface area contributed by atoms with Gasteiger partial charge in [-0.25, -0.2) is 9.97 Å². The normalized spacial score (nSPS) is 18.3. The molecule has 8 heteroatoms. The number of nitrogens with zero attached hydrogens (tertiary/aromatic N) is 4. The summed E-state index contributed by atoms with van der Waals surface area (Å²) in [5, 5.41) is 11.1. The monoisotopic (exact) mass is 410 g/mol. The zero-order chi connectivity index (χ0) is 22.0. The van der Waals surface area contributed by atoms with Gasteiger partial charge in [0.1, 0.15) is 17.3 Å². The molecule has 30 heavy (non-hydrogen) atoms. The van der Waals surface area contributed by atoms with E-state index in [9.17, 15) is 14.7 Å². The van der Waals surface area contributed by atoms with Crippen LogP contribution in [0.3, 0.4) is 0 Å². The van der Waals surface area contributed by atoms with Gasteiger partial charge in [0.2, 0.25) is 0 Å². The lowest BCUT2D eigenvalue weighted by Gasteiger charge is -2.26. The van der Waals surface area contributed by atoms with Gasteiger partial charge in [0, 0.05) is 19.3 Å². The molecular weight excluding hydrogens is 384 g/mol. The van der Waals surface area contributed by atoms with Crippen LogP contribution >= 0.6 is 0 Å². The van der Waals surface area contributed by atoms with Gasteiger partial charge in [-0.1, -0.05) is 12.1 Å². The Labute approximate surface area is 175 Å². The molecule has 0 saturated carbocycles. The Morgan fingerprint density at radius 2 is 2.00 bits per heavy atom. The lowest BCUT2D eigenvalue weighted by Crippen LogP contribution is -2.35. The summed E-state index contributed by atoms with van der Waals surface area (Å²) in [4.78, 5) is 37.7. The van der Waals surface area contributed by atoms with E-state index in [1.165, 1.54) is 11.1 Å². The number of hydrogen-bond donors (Lipinski definition) is 1. The van der Waals surface area contributed by atoms with E-state index >= 15 is 0 Å². The van der Waals surface area contributed by atoms with Gasteiger partial charge in [-0.15, -0.1) is 0 Å². The van der Waals surface area contributed by atoms with Crippen LogP contribution in [0.1, 0.15) is 28.7 Å². The molecule has 1 aliphatic heterocycles. The van der Waals surface area contributed by atoms with Gasteiger partial charge in [-0.05, 0) is 45.6 Å². The smallest absolute Gasteiger partial charge is 0.295 e. The van der Waals surface area contributed by atoms with Crippen molar-refractivity contribution in [1.82, 2.24) is 19.8 Å². The highest BCUT2D eigenvalue weighted by atomic mass is 16.5. The van der Waals surface area contributed by atoms with Gasteiger partial charge in [0.15, 0.2) is 0 Å². The molecule has 2 heterocycles. The second kappa shape index (κ2) is 8.62. The Kier molecular flexibility index (Phi) is 6.17. The summed E-state index contributed by atoms with van der Waals surface area (Å²) in [7, 11) is 5.34. The van der Waals surface area contributed by atoms with E-state index in [1.807, 2.05) is 25.1 Å². The van der Waals surface area contributed by atoms with E-state index in [0.29, 0.717) is 41.5 Å². The Morgan fingerprint density at radius 3 is 2.63 bits per heavy atom. The van der Waals surface area contributed by atoms with Crippen LogP contribution in [-0.4, -0.2) is 70.9 Å². The summed E-state index contributed by atoms with van der Waals surface area (Å²) >= 11 is 0. The molecular formula is C22H26N4O4. The van der Waals surface area contributed by atoms with Crippen LogP contribution in [0.5, 0.6) is 5.75 Å². The molecule has 158 valence electrons. The first-order valence-corrected chi connectivity index (χ1v) is 9.62. The fourth-order valence-electron chi connectivity index (χ4n) is 3.54. The van der Waals surface area contributed by atoms with Gasteiger partial charge in [0.05, 0.1) is 30.0 Å². The van der Waals surface area contributed by atoms with E-state index in [2.05, 4.69) is 9.97 Å². The fourth-order valence-corrected chi connectivity index (χ4v) is 3.54. The zero-order valence-electron chi connectivity index (χ0n) is 17.8. The minimum absolute atomic E-state index is 0.0302. The largest absolute Gasteiger partial charge is 0.507 e. The van der Waals surface area contributed by atoms with Gasteiger partial charge in [-0.2, -0.15) is 0 Å². The highest BCUT2D eigenvalue weighted by molar-refractivity contribution is 6.46. The van der Waals surface area contributed by atoms with Crippen molar-refractivity contribution in [2.45, 2.75) is 19.9 Å². The van der Waals surface area contributed by atoms with E-state index in [4.69, 9.17) is 4.74 Å². The molecule has 0 unspecified atom stereocenters. The van der Waals surface area contributed by atoms with Crippen LogP contribution in [0, 0.1) is 13.8 Å². The number of benzene rings is 1. The Bertz CT molecular complexity index is 1020. The van der Waals surface area contributed by atoms with Crippen LogP contribution in [0.25, 0.3) is 5.76 Å². The number of aliphatic hydroxyl groups is 1. The number of hydrogen-bond acceptors (Lipinski definition) is 7. The molecule has 2 aromatic rings. The number of Topliss-reactive ketones (excluding diaryl/α,β-unsaturated/α-hetero) is 1. The van der Waals surface area contributed by atoms with E-state index in [-0.39, 0.29) is 11.3 Å². The quantitative estimate of drug-likeness (QED) is 0.442. The molecule has 1 aromatic carbocycles. The molecule has 3 rings (SSSR count). The second-order valence-electron chi connectivity index (χ2n) is 7.49. The zero-order valence-corrected chi connectivity index (χ0v) is 17.8. The fraction of sp³-hybridized carbons (Fsp3) is 0.364. The van der Waals surface area contributed by atoms with Crippen LogP contribution in [0.2, 0.25) is 0 Å². The van der Waals surface area contributed by atoms with Gasteiger partial charge < -0.3 is 19.6 Å². The highest BCUT2D eigenvalue weighted by Crippen LogP contribution is 2.40. The Balaban J connectivity index is 2.19. The predicted octanol–water partition coefficient (Wildman–Crippen LogP) is 2.09. The molecule has 1 saturated heterocycles. The minimum atomic E-state index is -0.735. The van der Waals surface area contributed by atoms with Crippen molar-refractivity contribution in [2.24, 2.45) is 0 Å². The average Bonchev–Trinajstić information content (AvgIpc) is 2.96. The molecule has 1 aliphatic rings. The number of aryl methyl sites for hydroxylation is 2. The van der Waals surface area contributed by atoms with Crippen LogP contribution in [0.4, 0.5) is 0 Å². The van der Waals surface area contributed by atoms with Crippen molar-refractivity contribution >= 4 is 17.4 Å². The van der Waals surface area contributed by atoms with E-state index < -0.39 is 17.7 Å². The topological polar surface area (TPSA) is 95.9 Å². The van der Waals surface area contributed by atoms with Gasteiger partial charge in [0.25, 0.3) is 11.7 Å². The van der Waals surface area contributed by atoms with Crippen molar-refractivity contribution in [3.63, 3.8) is 0 Å². The number of likely N-dealkylation sites (N-methyl/N-ethyl adjacent to an activating group) is 1. The molecule has 1 amide bonds. The molecule has 1 fully saturated rings. The number of ether oxygens (including phenoxy) is 1. The number of carbonyl (C=O) groups is 2. The van der Waals surface area contributed by atoms with Crippen molar-refractivity contribution in [3.8, 4) is 5.75 Å². The number of rotatable bonds is 6. The summed E-state index contributed by atoms with van der Waals surface area (Å²) in [5.41, 5.74) is 1.57. The molecule has 1 N–H and O–H groups in total. The predicted molar refractivity (Wildman–Crippen MR) is 112 cm³/mol. The number of carbonyl (C=O) groups excluding carboxylic acids is 2. The number of methoxy groups -OCH3 is 1. The van der Waals surface area contributed by atoms with Crippen molar-refractivity contribution in [3.05, 3.63) is 58.7 Å². The van der Waals surface area contributed by atoms with Crippen LogP contribution in [-0.2, 0) is 9.59 Å².